The zero-order chi connectivity index (χ0) is 12.7. The Labute approximate surface area is 104 Å². The highest BCUT2D eigenvalue weighted by Gasteiger charge is 2.09. The van der Waals surface area contributed by atoms with Gasteiger partial charge in [0.25, 0.3) is 0 Å². The standard InChI is InChI=1S/C12H13FN2OS/c1-9(10-2-4-11(13)5-3-10)15-12(16)8-17-7-6-14/h2-5,9H,7-8H2,1H3,(H,15,16)/t9-/m1/s1. The van der Waals surface area contributed by atoms with Crippen molar-refractivity contribution in [1.29, 1.82) is 5.26 Å². The predicted octanol–water partition coefficient (Wildman–Crippen LogP) is 2.26. The Balaban J connectivity index is 2.43. The van der Waals surface area contributed by atoms with Gasteiger partial charge in [-0.3, -0.25) is 4.79 Å². The highest BCUT2D eigenvalue weighted by Crippen LogP contribution is 2.13. The van der Waals surface area contributed by atoms with Crippen molar-refractivity contribution in [2.24, 2.45) is 0 Å². The number of carbonyl (C=O) groups excluding carboxylic acids is 1. The van der Waals surface area contributed by atoms with Gasteiger partial charge in [-0.25, -0.2) is 4.39 Å². The molecule has 0 aliphatic carbocycles. The Bertz CT molecular complexity index is 414. The lowest BCUT2D eigenvalue weighted by atomic mass is 10.1. The fraction of sp³-hybridized carbons (Fsp3) is 0.333. The Hall–Kier alpha value is -1.54. The van der Waals surface area contributed by atoms with Gasteiger partial charge in [0, 0.05) is 0 Å². The molecule has 90 valence electrons. The molecule has 1 rings (SSSR count). The zero-order valence-corrected chi connectivity index (χ0v) is 10.3. The summed E-state index contributed by atoms with van der Waals surface area (Å²) >= 11 is 1.27. The van der Waals surface area contributed by atoms with E-state index in [9.17, 15) is 9.18 Å². The van der Waals surface area contributed by atoms with Crippen LogP contribution in [0.4, 0.5) is 4.39 Å². The molecule has 1 aromatic rings. The molecule has 5 heteroatoms. The molecule has 1 amide bonds. The number of benzene rings is 1. The lowest BCUT2D eigenvalue weighted by molar-refractivity contribution is -0.119. The fourth-order valence-corrected chi connectivity index (χ4v) is 1.77. The number of amides is 1. The molecule has 1 atom stereocenters. The monoisotopic (exact) mass is 252 g/mol. The summed E-state index contributed by atoms with van der Waals surface area (Å²) in [6.07, 6.45) is 0. The van der Waals surface area contributed by atoms with Crippen molar-refractivity contribution in [2.45, 2.75) is 13.0 Å². The van der Waals surface area contributed by atoms with E-state index in [-0.39, 0.29) is 23.5 Å². The molecule has 0 fully saturated rings. The third kappa shape index (κ3) is 4.87. The summed E-state index contributed by atoms with van der Waals surface area (Å²) in [4.78, 5) is 11.5. The van der Waals surface area contributed by atoms with Gasteiger partial charge in [-0.2, -0.15) is 5.26 Å². The van der Waals surface area contributed by atoms with Crippen LogP contribution in [0.1, 0.15) is 18.5 Å². The first kappa shape index (κ1) is 13.5. The van der Waals surface area contributed by atoms with Crippen molar-refractivity contribution in [3.8, 4) is 6.07 Å². The minimum absolute atomic E-state index is 0.123. The number of thioether (sulfide) groups is 1. The van der Waals surface area contributed by atoms with Gasteiger partial charge in [0.1, 0.15) is 5.82 Å². The van der Waals surface area contributed by atoms with Crippen molar-refractivity contribution in [3.63, 3.8) is 0 Å². The third-order valence-corrected chi connectivity index (χ3v) is 2.95. The van der Waals surface area contributed by atoms with Crippen LogP contribution in [0.5, 0.6) is 0 Å². The summed E-state index contributed by atoms with van der Waals surface area (Å²) in [7, 11) is 0. The van der Waals surface area contributed by atoms with Crippen LogP contribution in [-0.4, -0.2) is 17.4 Å². The topological polar surface area (TPSA) is 52.9 Å². The van der Waals surface area contributed by atoms with Gasteiger partial charge in [0.05, 0.1) is 23.6 Å². The Morgan fingerprint density at radius 3 is 2.76 bits per heavy atom. The van der Waals surface area contributed by atoms with Crippen LogP contribution in [0.3, 0.4) is 0 Å². The number of rotatable bonds is 5. The van der Waals surface area contributed by atoms with Crippen LogP contribution in [0.2, 0.25) is 0 Å². The van der Waals surface area contributed by atoms with E-state index in [1.54, 1.807) is 12.1 Å². The molecule has 1 aromatic carbocycles. The zero-order valence-electron chi connectivity index (χ0n) is 9.44. The molecule has 0 aliphatic rings. The minimum Gasteiger partial charge on any atom is -0.349 e. The quantitative estimate of drug-likeness (QED) is 0.818. The average Bonchev–Trinajstić information content (AvgIpc) is 2.30. The molecule has 0 aliphatic heterocycles. The number of hydrogen-bond donors (Lipinski definition) is 1. The van der Waals surface area contributed by atoms with E-state index in [1.165, 1.54) is 23.9 Å². The Morgan fingerprint density at radius 2 is 2.18 bits per heavy atom. The van der Waals surface area contributed by atoms with Gasteiger partial charge in [-0.15, -0.1) is 11.8 Å². The Morgan fingerprint density at radius 1 is 1.53 bits per heavy atom. The van der Waals surface area contributed by atoms with E-state index in [0.717, 1.165) is 5.56 Å². The SMILES string of the molecule is C[C@@H](NC(=O)CSCC#N)c1ccc(F)cc1. The first-order valence-electron chi connectivity index (χ1n) is 5.13. The van der Waals surface area contributed by atoms with Crippen LogP contribution in [0, 0.1) is 17.1 Å². The van der Waals surface area contributed by atoms with Gasteiger partial charge >= 0.3 is 0 Å². The number of nitriles is 1. The maximum absolute atomic E-state index is 12.7. The number of halogens is 1. The molecule has 3 nitrogen and oxygen atoms in total. The van der Waals surface area contributed by atoms with E-state index >= 15 is 0 Å². The second-order valence-corrected chi connectivity index (χ2v) is 4.48. The Kier molecular flexibility index (Phi) is 5.50. The van der Waals surface area contributed by atoms with E-state index in [2.05, 4.69) is 5.32 Å². The lowest BCUT2D eigenvalue weighted by Gasteiger charge is -2.13. The summed E-state index contributed by atoms with van der Waals surface area (Å²) in [5.41, 5.74) is 0.852. The van der Waals surface area contributed by atoms with Crippen molar-refractivity contribution in [1.82, 2.24) is 5.32 Å². The molecule has 0 spiro atoms. The van der Waals surface area contributed by atoms with Gasteiger partial charge in [-0.1, -0.05) is 12.1 Å². The smallest absolute Gasteiger partial charge is 0.230 e. The molecule has 0 saturated heterocycles. The number of hydrogen-bond acceptors (Lipinski definition) is 3. The largest absolute Gasteiger partial charge is 0.349 e. The van der Waals surface area contributed by atoms with Gasteiger partial charge < -0.3 is 5.32 Å². The normalized spacial score (nSPS) is 11.6. The van der Waals surface area contributed by atoms with Crippen LogP contribution in [-0.2, 0) is 4.79 Å². The maximum atomic E-state index is 12.7. The molecule has 17 heavy (non-hydrogen) atoms. The summed E-state index contributed by atoms with van der Waals surface area (Å²) in [6.45, 7) is 1.83. The van der Waals surface area contributed by atoms with Crippen molar-refractivity contribution in [2.75, 3.05) is 11.5 Å². The minimum atomic E-state index is -0.295. The molecular formula is C12H13FN2OS. The number of carbonyl (C=O) groups is 1. The first-order valence-corrected chi connectivity index (χ1v) is 6.28. The fourth-order valence-electron chi connectivity index (χ4n) is 1.31. The number of nitrogens with one attached hydrogen (secondary N) is 1. The van der Waals surface area contributed by atoms with Crippen molar-refractivity contribution < 1.29 is 9.18 Å². The van der Waals surface area contributed by atoms with Crippen LogP contribution in [0.25, 0.3) is 0 Å². The van der Waals surface area contributed by atoms with Crippen molar-refractivity contribution in [3.05, 3.63) is 35.6 Å². The molecule has 0 unspecified atom stereocenters. The van der Waals surface area contributed by atoms with E-state index in [4.69, 9.17) is 5.26 Å². The highest BCUT2D eigenvalue weighted by molar-refractivity contribution is 8.00. The van der Waals surface area contributed by atoms with Crippen LogP contribution < -0.4 is 5.32 Å². The summed E-state index contributed by atoms with van der Waals surface area (Å²) in [5, 5.41) is 11.1. The molecule has 0 bridgehead atoms. The van der Waals surface area contributed by atoms with Gasteiger partial charge in [-0.05, 0) is 24.6 Å². The van der Waals surface area contributed by atoms with Crippen molar-refractivity contribution >= 4 is 17.7 Å². The molecule has 0 aromatic heterocycles. The van der Waals surface area contributed by atoms with E-state index < -0.39 is 0 Å². The first-order chi connectivity index (χ1) is 8.13. The lowest BCUT2D eigenvalue weighted by Crippen LogP contribution is -2.28. The summed E-state index contributed by atoms with van der Waals surface area (Å²) in [6, 6.07) is 7.80. The molecule has 1 N–H and O–H groups in total. The maximum Gasteiger partial charge on any atom is 0.230 e. The highest BCUT2D eigenvalue weighted by atomic mass is 32.2. The van der Waals surface area contributed by atoms with Gasteiger partial charge in [0.15, 0.2) is 0 Å². The van der Waals surface area contributed by atoms with Crippen LogP contribution >= 0.6 is 11.8 Å². The van der Waals surface area contributed by atoms with E-state index in [0.29, 0.717) is 5.75 Å². The summed E-state index contributed by atoms with van der Waals surface area (Å²) in [5.74, 6) is 0.149. The molecule has 0 heterocycles. The predicted molar refractivity (Wildman–Crippen MR) is 65.9 cm³/mol. The van der Waals surface area contributed by atoms with Gasteiger partial charge in [0.2, 0.25) is 5.91 Å². The average molecular weight is 252 g/mol. The second kappa shape index (κ2) is 6.92. The second-order valence-electron chi connectivity index (χ2n) is 3.49. The molecule has 0 saturated carbocycles. The number of nitrogens with zero attached hydrogens (tertiary/aromatic N) is 1. The van der Waals surface area contributed by atoms with E-state index in [1.807, 2.05) is 13.0 Å². The third-order valence-electron chi connectivity index (χ3n) is 2.15. The summed E-state index contributed by atoms with van der Waals surface area (Å²) < 4.78 is 12.7. The van der Waals surface area contributed by atoms with Crippen LogP contribution in [0.15, 0.2) is 24.3 Å². The molecule has 0 radical (unpaired) electrons. The molecular weight excluding hydrogens is 239 g/mol.